The zero-order valence-electron chi connectivity index (χ0n) is 26.4. The maximum Gasteiger partial charge on any atom is 0.326 e. The number of fused-ring (bicyclic) bond motifs is 1. The molecule has 2 saturated heterocycles. The van der Waals surface area contributed by atoms with Gasteiger partial charge in [0.25, 0.3) is 5.91 Å². The number of benzene rings is 4. The number of rotatable bonds is 8. The van der Waals surface area contributed by atoms with E-state index >= 15 is 0 Å². The molecule has 5 aromatic rings. The first-order valence-electron chi connectivity index (χ1n) is 16.4. The molecule has 3 N–H and O–H groups in total. The van der Waals surface area contributed by atoms with Gasteiger partial charge in [0.05, 0.1) is 29.8 Å². The number of imidazole rings is 1. The third-order valence-corrected chi connectivity index (χ3v) is 9.58. The van der Waals surface area contributed by atoms with E-state index in [1.165, 1.54) is 0 Å². The molecule has 2 aliphatic rings. The number of para-hydroxylation sites is 2. The lowest BCUT2D eigenvalue weighted by molar-refractivity contribution is -0.276. The molecule has 1 amide bonds. The second-order valence-electron chi connectivity index (χ2n) is 12.6. The minimum atomic E-state index is -0.597. The number of aromatic amines is 1. The number of hydrogen-bond acceptors (Lipinski definition) is 6. The van der Waals surface area contributed by atoms with Gasteiger partial charge >= 0.3 is 5.69 Å². The molecule has 4 atom stereocenters. The zero-order valence-corrected chi connectivity index (χ0v) is 26.4. The van der Waals surface area contributed by atoms with E-state index in [1.807, 2.05) is 95.6 Å². The molecule has 0 aliphatic carbocycles. The number of aliphatic hydroxyl groups excluding tert-OH is 1. The van der Waals surface area contributed by atoms with Gasteiger partial charge < -0.3 is 29.8 Å². The molecule has 4 unspecified atom stereocenters. The standard InChI is InChI=1S/C38H40N4O5/c1-25-34(23-41-21-19-31(20-22-41)42-33-10-6-5-9-32(33)40-38(42)45)46-37(47-35(25)27-13-11-26(24-43)12-14-27)29-15-17-30(18-16-29)39-36(44)28-7-3-2-4-8-28/h2-18,25,31,34-35,37,43H,19-24H2,1H3,(H,39,44)(H,40,45). The fourth-order valence-electron chi connectivity index (χ4n) is 6.90. The lowest BCUT2D eigenvalue weighted by Gasteiger charge is -2.44. The highest BCUT2D eigenvalue weighted by atomic mass is 16.7. The van der Waals surface area contributed by atoms with Crippen LogP contribution in [0.4, 0.5) is 5.69 Å². The Labute approximate surface area is 273 Å². The minimum absolute atomic E-state index is 0.0104. The molecule has 47 heavy (non-hydrogen) atoms. The van der Waals surface area contributed by atoms with Gasteiger partial charge in [0, 0.05) is 48.4 Å². The van der Waals surface area contributed by atoms with Gasteiger partial charge in [-0.05, 0) is 60.4 Å². The summed E-state index contributed by atoms with van der Waals surface area (Å²) in [6.07, 6.45) is 0.836. The van der Waals surface area contributed by atoms with Gasteiger partial charge in [0.2, 0.25) is 0 Å². The molecule has 2 aliphatic heterocycles. The summed E-state index contributed by atoms with van der Waals surface area (Å²) in [5.41, 5.74) is 5.84. The average Bonchev–Trinajstić information content (AvgIpc) is 3.46. The molecule has 3 heterocycles. The van der Waals surface area contributed by atoms with E-state index in [0.717, 1.165) is 60.2 Å². The summed E-state index contributed by atoms with van der Waals surface area (Å²) in [5, 5.41) is 12.6. The normalized spacial score (nSPS) is 22.3. The van der Waals surface area contributed by atoms with E-state index in [2.05, 4.69) is 22.1 Å². The second kappa shape index (κ2) is 13.7. The fraction of sp³-hybridized carbons (Fsp3) is 0.316. The lowest BCUT2D eigenvalue weighted by atomic mass is 9.89. The van der Waals surface area contributed by atoms with Crippen LogP contribution in [-0.2, 0) is 16.1 Å². The Morgan fingerprint density at radius 3 is 2.28 bits per heavy atom. The number of aliphatic hydroxyl groups is 1. The smallest absolute Gasteiger partial charge is 0.326 e. The number of amides is 1. The first-order chi connectivity index (χ1) is 23.0. The summed E-state index contributed by atoms with van der Waals surface area (Å²) in [6, 6.07) is 32.7. The molecule has 9 nitrogen and oxygen atoms in total. The molecule has 1 aromatic heterocycles. The Hall–Kier alpha value is -4.54. The van der Waals surface area contributed by atoms with Crippen LogP contribution in [0.15, 0.2) is 108 Å². The quantitative estimate of drug-likeness (QED) is 0.188. The van der Waals surface area contributed by atoms with Crippen LogP contribution in [0.25, 0.3) is 11.0 Å². The predicted octanol–water partition coefficient (Wildman–Crippen LogP) is 6.20. The number of likely N-dealkylation sites (tertiary alicyclic amines) is 1. The number of hydrogen-bond donors (Lipinski definition) is 3. The van der Waals surface area contributed by atoms with E-state index in [1.54, 1.807) is 12.1 Å². The van der Waals surface area contributed by atoms with Crippen molar-refractivity contribution in [2.45, 2.75) is 50.9 Å². The third-order valence-electron chi connectivity index (χ3n) is 9.58. The van der Waals surface area contributed by atoms with Crippen LogP contribution in [0.3, 0.4) is 0 Å². The summed E-state index contributed by atoms with van der Waals surface area (Å²) >= 11 is 0. The highest BCUT2D eigenvalue weighted by Crippen LogP contribution is 2.42. The van der Waals surface area contributed by atoms with E-state index in [4.69, 9.17) is 9.47 Å². The maximum absolute atomic E-state index is 12.8. The SMILES string of the molecule is CC1C(CN2CCC(n3c(=O)[nH]c4ccccc43)CC2)OC(c2ccc(NC(=O)c3ccccc3)cc2)OC1c1ccc(CO)cc1. The van der Waals surface area contributed by atoms with Gasteiger partial charge in [0.15, 0.2) is 6.29 Å². The molecule has 2 fully saturated rings. The predicted molar refractivity (Wildman–Crippen MR) is 181 cm³/mol. The van der Waals surface area contributed by atoms with E-state index in [0.29, 0.717) is 11.3 Å². The van der Waals surface area contributed by atoms with Crippen LogP contribution in [0.2, 0.25) is 0 Å². The monoisotopic (exact) mass is 632 g/mol. The van der Waals surface area contributed by atoms with E-state index < -0.39 is 6.29 Å². The van der Waals surface area contributed by atoms with Crippen molar-refractivity contribution in [3.05, 3.63) is 136 Å². The Kier molecular flexibility index (Phi) is 9.04. The first-order valence-corrected chi connectivity index (χ1v) is 16.4. The van der Waals surface area contributed by atoms with Crippen LogP contribution < -0.4 is 11.0 Å². The van der Waals surface area contributed by atoms with Gasteiger partial charge in [-0.3, -0.25) is 9.36 Å². The number of carbonyl (C=O) groups excluding carboxylic acids is 1. The number of ether oxygens (including phenoxy) is 2. The summed E-state index contributed by atoms with van der Waals surface area (Å²) in [4.78, 5) is 30.9. The summed E-state index contributed by atoms with van der Waals surface area (Å²) in [6.45, 7) is 4.63. The summed E-state index contributed by atoms with van der Waals surface area (Å²) in [7, 11) is 0. The van der Waals surface area contributed by atoms with Crippen molar-refractivity contribution in [2.75, 3.05) is 25.0 Å². The van der Waals surface area contributed by atoms with Crippen LogP contribution >= 0.6 is 0 Å². The molecular weight excluding hydrogens is 592 g/mol. The lowest BCUT2D eigenvalue weighted by Crippen LogP contribution is -2.47. The molecule has 7 rings (SSSR count). The van der Waals surface area contributed by atoms with Crippen LogP contribution in [0, 0.1) is 5.92 Å². The van der Waals surface area contributed by atoms with Crippen molar-refractivity contribution in [2.24, 2.45) is 5.92 Å². The van der Waals surface area contributed by atoms with Crippen molar-refractivity contribution < 1.29 is 19.4 Å². The van der Waals surface area contributed by atoms with Crippen LogP contribution in [0.1, 0.15) is 65.2 Å². The number of piperidine rings is 1. The maximum atomic E-state index is 12.8. The molecule has 242 valence electrons. The number of nitrogens with one attached hydrogen (secondary N) is 2. The third kappa shape index (κ3) is 6.66. The number of H-pyrrole nitrogens is 1. The van der Waals surface area contributed by atoms with Crippen molar-refractivity contribution in [3.8, 4) is 0 Å². The van der Waals surface area contributed by atoms with Crippen molar-refractivity contribution in [1.29, 1.82) is 0 Å². The number of anilines is 1. The van der Waals surface area contributed by atoms with Gasteiger partial charge in [0.1, 0.15) is 0 Å². The number of carbonyl (C=O) groups is 1. The molecule has 4 aromatic carbocycles. The van der Waals surface area contributed by atoms with Crippen molar-refractivity contribution in [1.82, 2.24) is 14.5 Å². The molecule has 0 radical (unpaired) electrons. The Balaban J connectivity index is 1.07. The summed E-state index contributed by atoms with van der Waals surface area (Å²) in [5.74, 6) is -0.105. The highest BCUT2D eigenvalue weighted by Gasteiger charge is 2.39. The van der Waals surface area contributed by atoms with Crippen molar-refractivity contribution in [3.63, 3.8) is 0 Å². The molecule has 9 heteroatoms. The summed E-state index contributed by atoms with van der Waals surface area (Å²) < 4.78 is 15.3. The fourth-order valence-corrected chi connectivity index (χ4v) is 6.90. The number of aromatic nitrogens is 2. The van der Waals surface area contributed by atoms with E-state index in [9.17, 15) is 14.7 Å². The van der Waals surface area contributed by atoms with Gasteiger partial charge in [-0.25, -0.2) is 4.79 Å². The highest BCUT2D eigenvalue weighted by molar-refractivity contribution is 6.04. The Morgan fingerprint density at radius 1 is 0.872 bits per heavy atom. The Morgan fingerprint density at radius 2 is 1.55 bits per heavy atom. The topological polar surface area (TPSA) is 109 Å². The molecular formula is C38H40N4O5. The second-order valence-corrected chi connectivity index (χ2v) is 12.6. The number of nitrogens with zero attached hydrogens (tertiary/aromatic N) is 2. The van der Waals surface area contributed by atoms with Crippen LogP contribution in [0.5, 0.6) is 0 Å². The Bertz CT molecular complexity index is 1860. The van der Waals surface area contributed by atoms with E-state index in [-0.39, 0.29) is 42.4 Å². The van der Waals surface area contributed by atoms with Crippen molar-refractivity contribution >= 4 is 22.6 Å². The first kappa shape index (κ1) is 31.1. The average molecular weight is 633 g/mol. The zero-order chi connectivity index (χ0) is 32.3. The molecule has 0 bridgehead atoms. The van der Waals surface area contributed by atoms with Gasteiger partial charge in [-0.2, -0.15) is 0 Å². The van der Waals surface area contributed by atoms with Gasteiger partial charge in [-0.15, -0.1) is 0 Å². The largest absolute Gasteiger partial charge is 0.392 e. The van der Waals surface area contributed by atoms with Crippen LogP contribution in [-0.4, -0.2) is 51.2 Å². The van der Waals surface area contributed by atoms with Gasteiger partial charge in [-0.1, -0.05) is 73.7 Å². The minimum Gasteiger partial charge on any atom is -0.392 e. The molecule has 0 spiro atoms. The molecule has 0 saturated carbocycles.